The van der Waals surface area contributed by atoms with E-state index < -0.39 is 12.2 Å². The van der Waals surface area contributed by atoms with Gasteiger partial charge in [0.2, 0.25) is 0 Å². The molecule has 1 rings (SSSR count). The average molecular weight is 146 g/mol. The summed E-state index contributed by atoms with van der Waals surface area (Å²) in [4.78, 5) is 0. The molecule has 1 heterocycles. The van der Waals surface area contributed by atoms with Crippen LogP contribution in [0.2, 0.25) is 0 Å². The number of hydrogen-bond donors (Lipinski definition) is 2. The maximum absolute atomic E-state index is 9.15. The molecule has 1 aliphatic rings. The van der Waals surface area contributed by atoms with E-state index in [2.05, 4.69) is 0 Å². The summed E-state index contributed by atoms with van der Waals surface area (Å²) in [5.41, 5.74) is 0. The SMILES string of the molecule is CC[C@@H]1C[C@H](O)[C@H](O)CO1. The van der Waals surface area contributed by atoms with Crippen LogP contribution in [0.3, 0.4) is 0 Å². The van der Waals surface area contributed by atoms with Crippen LogP contribution in [0.15, 0.2) is 0 Å². The maximum atomic E-state index is 9.15. The van der Waals surface area contributed by atoms with Gasteiger partial charge in [-0.3, -0.25) is 0 Å². The molecule has 0 radical (unpaired) electrons. The molecule has 1 aliphatic heterocycles. The molecule has 1 saturated heterocycles. The first-order valence-corrected chi connectivity index (χ1v) is 3.71. The Balaban J connectivity index is 2.33. The Morgan fingerprint density at radius 2 is 2.10 bits per heavy atom. The van der Waals surface area contributed by atoms with Crippen molar-refractivity contribution in [3.8, 4) is 0 Å². The van der Waals surface area contributed by atoms with Gasteiger partial charge in [0.05, 0.1) is 18.8 Å². The second-order valence-corrected chi connectivity index (χ2v) is 2.73. The molecule has 2 N–H and O–H groups in total. The zero-order valence-electron chi connectivity index (χ0n) is 6.16. The van der Waals surface area contributed by atoms with Gasteiger partial charge in [0.25, 0.3) is 0 Å². The third kappa shape index (κ3) is 1.68. The summed E-state index contributed by atoms with van der Waals surface area (Å²) in [5, 5.41) is 18.2. The predicted octanol–water partition coefficient (Wildman–Crippen LogP) is -0.0929. The normalized spacial score (nSPS) is 41.7. The Kier molecular flexibility index (Phi) is 2.65. The number of rotatable bonds is 1. The van der Waals surface area contributed by atoms with E-state index in [1.165, 1.54) is 0 Å². The molecule has 60 valence electrons. The molecule has 0 aliphatic carbocycles. The molecule has 0 aromatic carbocycles. The van der Waals surface area contributed by atoms with Crippen LogP contribution in [0.5, 0.6) is 0 Å². The first-order valence-electron chi connectivity index (χ1n) is 3.71. The molecule has 3 heteroatoms. The minimum Gasteiger partial charge on any atom is -0.390 e. The molecule has 0 bridgehead atoms. The zero-order chi connectivity index (χ0) is 7.56. The van der Waals surface area contributed by atoms with Crippen LogP contribution in [-0.4, -0.2) is 35.1 Å². The molecule has 1 fully saturated rings. The van der Waals surface area contributed by atoms with E-state index in [0.29, 0.717) is 6.42 Å². The van der Waals surface area contributed by atoms with Gasteiger partial charge in [0.15, 0.2) is 0 Å². The number of hydrogen-bond acceptors (Lipinski definition) is 3. The van der Waals surface area contributed by atoms with Crippen molar-refractivity contribution >= 4 is 0 Å². The lowest BCUT2D eigenvalue weighted by atomic mass is 10.0. The van der Waals surface area contributed by atoms with E-state index in [0.717, 1.165) is 6.42 Å². The fraction of sp³-hybridized carbons (Fsp3) is 1.00. The van der Waals surface area contributed by atoms with Crippen LogP contribution in [0.1, 0.15) is 19.8 Å². The maximum Gasteiger partial charge on any atom is 0.103 e. The topological polar surface area (TPSA) is 49.7 Å². The second-order valence-electron chi connectivity index (χ2n) is 2.73. The average Bonchev–Trinajstić information content (AvgIpc) is 1.95. The Hall–Kier alpha value is -0.120. The highest BCUT2D eigenvalue weighted by atomic mass is 16.5. The van der Waals surface area contributed by atoms with Gasteiger partial charge in [-0.2, -0.15) is 0 Å². The van der Waals surface area contributed by atoms with Crippen molar-refractivity contribution in [2.45, 2.75) is 38.1 Å². The highest BCUT2D eigenvalue weighted by Gasteiger charge is 2.26. The quantitative estimate of drug-likeness (QED) is 0.543. The lowest BCUT2D eigenvalue weighted by molar-refractivity contribution is -0.121. The van der Waals surface area contributed by atoms with Crippen LogP contribution in [-0.2, 0) is 4.74 Å². The highest BCUT2D eigenvalue weighted by Crippen LogP contribution is 2.16. The predicted molar refractivity (Wildman–Crippen MR) is 36.7 cm³/mol. The summed E-state index contributed by atoms with van der Waals surface area (Å²) in [5.74, 6) is 0. The summed E-state index contributed by atoms with van der Waals surface area (Å²) in [7, 11) is 0. The van der Waals surface area contributed by atoms with Crippen molar-refractivity contribution in [3.63, 3.8) is 0 Å². The zero-order valence-corrected chi connectivity index (χ0v) is 6.16. The molecule has 3 atom stereocenters. The van der Waals surface area contributed by atoms with Crippen molar-refractivity contribution in [1.82, 2.24) is 0 Å². The number of aliphatic hydroxyl groups is 2. The fourth-order valence-corrected chi connectivity index (χ4v) is 1.12. The van der Waals surface area contributed by atoms with E-state index in [1.807, 2.05) is 6.92 Å². The van der Waals surface area contributed by atoms with Crippen LogP contribution < -0.4 is 0 Å². The monoisotopic (exact) mass is 146 g/mol. The van der Waals surface area contributed by atoms with Gasteiger partial charge in [0, 0.05) is 6.42 Å². The molecule has 0 saturated carbocycles. The van der Waals surface area contributed by atoms with Crippen LogP contribution in [0, 0.1) is 0 Å². The van der Waals surface area contributed by atoms with E-state index in [9.17, 15) is 0 Å². The summed E-state index contributed by atoms with van der Waals surface area (Å²) in [6.07, 6.45) is 0.349. The summed E-state index contributed by atoms with van der Waals surface area (Å²) in [6.45, 7) is 2.29. The van der Waals surface area contributed by atoms with Gasteiger partial charge in [-0.05, 0) is 6.42 Å². The number of ether oxygens (including phenoxy) is 1. The summed E-state index contributed by atoms with van der Waals surface area (Å²) < 4.78 is 5.20. The third-order valence-electron chi connectivity index (χ3n) is 1.91. The lowest BCUT2D eigenvalue weighted by Gasteiger charge is -2.29. The molecule has 3 nitrogen and oxygen atoms in total. The minimum atomic E-state index is -0.678. The van der Waals surface area contributed by atoms with Crippen LogP contribution in [0.4, 0.5) is 0 Å². The van der Waals surface area contributed by atoms with Crippen molar-refractivity contribution in [1.29, 1.82) is 0 Å². The van der Waals surface area contributed by atoms with Crippen molar-refractivity contribution in [2.24, 2.45) is 0 Å². The Morgan fingerprint density at radius 3 is 2.60 bits per heavy atom. The minimum absolute atomic E-state index is 0.137. The van der Waals surface area contributed by atoms with Crippen LogP contribution >= 0.6 is 0 Å². The molecular weight excluding hydrogens is 132 g/mol. The Morgan fingerprint density at radius 1 is 1.40 bits per heavy atom. The first-order chi connectivity index (χ1) is 4.74. The first kappa shape index (κ1) is 7.98. The third-order valence-corrected chi connectivity index (χ3v) is 1.91. The molecule has 0 aromatic heterocycles. The van der Waals surface area contributed by atoms with Gasteiger partial charge in [-0.1, -0.05) is 6.92 Å². The summed E-state index contributed by atoms with van der Waals surface area (Å²) >= 11 is 0. The molecule has 10 heavy (non-hydrogen) atoms. The number of aliphatic hydroxyl groups excluding tert-OH is 2. The smallest absolute Gasteiger partial charge is 0.103 e. The van der Waals surface area contributed by atoms with Crippen molar-refractivity contribution in [2.75, 3.05) is 6.61 Å². The Bertz CT molecular complexity index is 105. The van der Waals surface area contributed by atoms with Gasteiger partial charge < -0.3 is 14.9 Å². The van der Waals surface area contributed by atoms with Crippen molar-refractivity contribution in [3.05, 3.63) is 0 Å². The van der Waals surface area contributed by atoms with Gasteiger partial charge in [-0.15, -0.1) is 0 Å². The van der Waals surface area contributed by atoms with E-state index in [4.69, 9.17) is 14.9 Å². The van der Waals surface area contributed by atoms with E-state index >= 15 is 0 Å². The van der Waals surface area contributed by atoms with Gasteiger partial charge in [0.1, 0.15) is 6.10 Å². The van der Waals surface area contributed by atoms with Gasteiger partial charge in [-0.25, -0.2) is 0 Å². The summed E-state index contributed by atoms with van der Waals surface area (Å²) in [6, 6.07) is 0. The molecule has 0 aromatic rings. The van der Waals surface area contributed by atoms with Crippen LogP contribution in [0.25, 0.3) is 0 Å². The lowest BCUT2D eigenvalue weighted by Crippen LogP contribution is -2.40. The van der Waals surface area contributed by atoms with Gasteiger partial charge >= 0.3 is 0 Å². The molecule has 0 amide bonds. The largest absolute Gasteiger partial charge is 0.390 e. The highest BCUT2D eigenvalue weighted by molar-refractivity contribution is 4.76. The standard InChI is InChI=1S/C7H14O3/c1-2-5-3-6(8)7(9)4-10-5/h5-9H,2-4H2,1H3/t5-,6+,7-/m1/s1. The second kappa shape index (κ2) is 3.32. The molecule has 0 unspecified atom stereocenters. The van der Waals surface area contributed by atoms with E-state index in [1.54, 1.807) is 0 Å². The van der Waals surface area contributed by atoms with Crippen molar-refractivity contribution < 1.29 is 14.9 Å². The molecular formula is C7H14O3. The molecule has 0 spiro atoms. The Labute approximate surface area is 60.6 Å². The van der Waals surface area contributed by atoms with E-state index in [-0.39, 0.29) is 12.7 Å². The fourth-order valence-electron chi connectivity index (χ4n) is 1.12.